The first-order valence-electron chi connectivity index (χ1n) is 12.3. The molecule has 0 unspecified atom stereocenters. The molecule has 0 radical (unpaired) electrons. The standard InChI is InChI=1S/C27H22Cl2F3N5O5/c1-39-6-7-40-21-12-20-22(24-23(21)41-8-9-42-24)25(34-13-33-20)35-15-3-5-19(18(29)11-15)37-26(38)36-14-2-4-17(28)16(10-14)27(30,31)32/h2-5,10-13H,6-9H2,1H3,(H,33,34,35)(H2,36,37,38). The number of carbonyl (C=O) groups is 1. The number of carbonyl (C=O) groups excluding carboxylic acids is 1. The van der Waals surface area contributed by atoms with Crippen LogP contribution in [0.5, 0.6) is 17.2 Å². The van der Waals surface area contributed by atoms with Crippen LogP contribution < -0.4 is 30.2 Å². The van der Waals surface area contributed by atoms with Crippen molar-refractivity contribution in [1.29, 1.82) is 0 Å². The number of nitrogens with one attached hydrogen (secondary N) is 3. The average molecular weight is 624 g/mol. The van der Waals surface area contributed by atoms with Crippen LogP contribution in [0.3, 0.4) is 0 Å². The highest BCUT2D eigenvalue weighted by molar-refractivity contribution is 6.34. The molecule has 0 bridgehead atoms. The number of nitrogens with zero attached hydrogens (tertiary/aromatic N) is 2. The Morgan fingerprint density at radius 2 is 1.71 bits per heavy atom. The Balaban J connectivity index is 1.34. The summed E-state index contributed by atoms with van der Waals surface area (Å²) >= 11 is 12.0. The van der Waals surface area contributed by atoms with Gasteiger partial charge in [-0.2, -0.15) is 13.2 Å². The smallest absolute Gasteiger partial charge is 0.417 e. The minimum absolute atomic E-state index is 0.101. The van der Waals surface area contributed by atoms with Gasteiger partial charge in [0.25, 0.3) is 0 Å². The molecule has 3 N–H and O–H groups in total. The van der Waals surface area contributed by atoms with Crippen molar-refractivity contribution in [1.82, 2.24) is 9.97 Å². The van der Waals surface area contributed by atoms with E-state index in [1.54, 1.807) is 25.3 Å². The summed E-state index contributed by atoms with van der Waals surface area (Å²) in [5.74, 6) is 1.72. The third-order valence-corrected chi connectivity index (χ3v) is 6.57. The number of urea groups is 1. The van der Waals surface area contributed by atoms with E-state index in [1.807, 2.05) is 0 Å². The molecule has 1 aromatic heterocycles. The topological polar surface area (TPSA) is 116 Å². The van der Waals surface area contributed by atoms with Gasteiger partial charge in [-0.3, -0.25) is 0 Å². The number of hydrogen-bond donors (Lipinski definition) is 3. The molecule has 5 rings (SSSR count). The van der Waals surface area contributed by atoms with Crippen molar-refractivity contribution >= 4 is 63.0 Å². The molecule has 3 aromatic carbocycles. The van der Waals surface area contributed by atoms with E-state index in [1.165, 1.54) is 18.5 Å². The highest BCUT2D eigenvalue weighted by atomic mass is 35.5. The van der Waals surface area contributed by atoms with Crippen molar-refractivity contribution in [2.45, 2.75) is 6.18 Å². The van der Waals surface area contributed by atoms with E-state index in [2.05, 4.69) is 25.9 Å². The van der Waals surface area contributed by atoms with Gasteiger partial charge >= 0.3 is 12.2 Å². The molecule has 1 aliphatic heterocycles. The molecule has 0 spiro atoms. The predicted octanol–water partition coefficient (Wildman–Crippen LogP) is 7.14. The summed E-state index contributed by atoms with van der Waals surface area (Å²) in [5.41, 5.74) is 0.103. The number of benzene rings is 3. The second kappa shape index (κ2) is 12.3. The van der Waals surface area contributed by atoms with Gasteiger partial charge in [-0.25, -0.2) is 14.8 Å². The summed E-state index contributed by atoms with van der Waals surface area (Å²) in [7, 11) is 1.57. The third kappa shape index (κ3) is 6.48. The normalized spacial score (nSPS) is 12.6. The molecule has 2 heterocycles. The Morgan fingerprint density at radius 3 is 2.45 bits per heavy atom. The van der Waals surface area contributed by atoms with Gasteiger partial charge in [0.2, 0.25) is 5.75 Å². The Hall–Kier alpha value is -4.20. The first-order valence-corrected chi connectivity index (χ1v) is 13.1. The van der Waals surface area contributed by atoms with E-state index < -0.39 is 22.8 Å². The van der Waals surface area contributed by atoms with Crippen molar-refractivity contribution in [3.63, 3.8) is 0 Å². The van der Waals surface area contributed by atoms with E-state index in [-0.39, 0.29) is 16.4 Å². The maximum absolute atomic E-state index is 13.1. The molecular weight excluding hydrogens is 602 g/mol. The first-order chi connectivity index (χ1) is 20.1. The van der Waals surface area contributed by atoms with E-state index in [9.17, 15) is 18.0 Å². The summed E-state index contributed by atoms with van der Waals surface area (Å²) in [6.07, 6.45) is -3.30. The number of hydrogen-bond acceptors (Lipinski definition) is 8. The fraction of sp³-hybridized carbons (Fsp3) is 0.222. The lowest BCUT2D eigenvalue weighted by Crippen LogP contribution is -2.20. The minimum atomic E-state index is -4.68. The molecule has 10 nitrogen and oxygen atoms in total. The summed E-state index contributed by atoms with van der Waals surface area (Å²) in [6.45, 7) is 1.35. The van der Waals surface area contributed by atoms with Gasteiger partial charge in [0.15, 0.2) is 11.5 Å². The summed E-state index contributed by atoms with van der Waals surface area (Å²) in [6, 6.07) is 8.66. The minimum Gasteiger partial charge on any atom is -0.487 e. The van der Waals surface area contributed by atoms with E-state index >= 15 is 0 Å². The predicted molar refractivity (Wildman–Crippen MR) is 152 cm³/mol. The average Bonchev–Trinajstić information content (AvgIpc) is 2.95. The Morgan fingerprint density at radius 1 is 0.952 bits per heavy atom. The molecule has 0 fully saturated rings. The summed E-state index contributed by atoms with van der Waals surface area (Å²) in [5, 5.41) is 8.26. The van der Waals surface area contributed by atoms with Gasteiger partial charge in [-0.1, -0.05) is 23.2 Å². The lowest BCUT2D eigenvalue weighted by molar-refractivity contribution is -0.137. The Labute approximate surface area is 247 Å². The van der Waals surface area contributed by atoms with Crippen molar-refractivity contribution in [3.05, 3.63) is 64.4 Å². The molecular formula is C27H22Cl2F3N5O5. The molecule has 4 aromatic rings. The van der Waals surface area contributed by atoms with Gasteiger partial charge in [0.05, 0.1) is 38.8 Å². The Kier molecular flexibility index (Phi) is 8.61. The van der Waals surface area contributed by atoms with Crippen LogP contribution in [-0.4, -0.2) is 49.5 Å². The zero-order valence-electron chi connectivity index (χ0n) is 21.8. The lowest BCUT2D eigenvalue weighted by atomic mass is 10.1. The van der Waals surface area contributed by atoms with Gasteiger partial charge in [0, 0.05) is 24.6 Å². The zero-order chi connectivity index (χ0) is 29.9. The number of halogens is 5. The monoisotopic (exact) mass is 623 g/mol. The zero-order valence-corrected chi connectivity index (χ0v) is 23.3. The number of aromatic nitrogens is 2. The third-order valence-electron chi connectivity index (χ3n) is 5.93. The first kappa shape index (κ1) is 29.3. The van der Waals surface area contributed by atoms with Crippen molar-refractivity contribution in [3.8, 4) is 17.2 Å². The highest BCUT2D eigenvalue weighted by Crippen LogP contribution is 2.47. The molecule has 220 valence electrons. The molecule has 0 saturated carbocycles. The SMILES string of the molecule is COCCOc1cc2ncnc(Nc3ccc(NC(=O)Nc4ccc(Cl)c(C(F)(F)F)c4)c(Cl)c3)c2c2c1OCCO2. The fourth-order valence-corrected chi connectivity index (χ4v) is 4.53. The van der Waals surface area contributed by atoms with Crippen LogP contribution in [0.15, 0.2) is 48.8 Å². The summed E-state index contributed by atoms with van der Waals surface area (Å²) < 4.78 is 62.0. The van der Waals surface area contributed by atoms with Gasteiger partial charge < -0.3 is 34.9 Å². The number of alkyl halides is 3. The van der Waals surface area contributed by atoms with E-state index in [0.29, 0.717) is 66.1 Å². The van der Waals surface area contributed by atoms with Crippen LogP contribution >= 0.6 is 23.2 Å². The van der Waals surface area contributed by atoms with Crippen molar-refractivity contribution < 1.29 is 36.9 Å². The van der Waals surface area contributed by atoms with Gasteiger partial charge in [-0.05, 0) is 36.4 Å². The number of methoxy groups -OCH3 is 1. The van der Waals surface area contributed by atoms with Crippen molar-refractivity contribution in [2.75, 3.05) is 49.5 Å². The molecule has 42 heavy (non-hydrogen) atoms. The molecule has 1 aliphatic rings. The number of rotatable bonds is 8. The van der Waals surface area contributed by atoms with Crippen LogP contribution in [0.4, 0.5) is 40.8 Å². The van der Waals surface area contributed by atoms with Crippen LogP contribution in [0.25, 0.3) is 10.9 Å². The quantitative estimate of drug-likeness (QED) is 0.177. The molecule has 0 saturated heterocycles. The van der Waals surface area contributed by atoms with E-state index in [0.717, 1.165) is 12.1 Å². The molecule has 0 aliphatic carbocycles. The highest BCUT2D eigenvalue weighted by Gasteiger charge is 2.33. The largest absolute Gasteiger partial charge is 0.487 e. The molecule has 0 atom stereocenters. The van der Waals surface area contributed by atoms with Gasteiger partial charge in [0.1, 0.15) is 32.0 Å². The number of ether oxygens (including phenoxy) is 4. The van der Waals surface area contributed by atoms with Crippen LogP contribution in [0.2, 0.25) is 10.0 Å². The number of amides is 2. The molecule has 2 amide bonds. The van der Waals surface area contributed by atoms with Gasteiger partial charge in [-0.15, -0.1) is 0 Å². The van der Waals surface area contributed by atoms with Crippen LogP contribution in [0.1, 0.15) is 5.56 Å². The van der Waals surface area contributed by atoms with Crippen molar-refractivity contribution in [2.24, 2.45) is 0 Å². The fourth-order valence-electron chi connectivity index (χ4n) is 4.08. The second-order valence-electron chi connectivity index (χ2n) is 8.78. The number of anilines is 4. The number of fused-ring (bicyclic) bond motifs is 3. The summed E-state index contributed by atoms with van der Waals surface area (Å²) in [4.78, 5) is 21.2. The van der Waals surface area contributed by atoms with Crippen LogP contribution in [-0.2, 0) is 10.9 Å². The lowest BCUT2D eigenvalue weighted by Gasteiger charge is -2.23. The maximum Gasteiger partial charge on any atom is 0.417 e. The second-order valence-corrected chi connectivity index (χ2v) is 9.59. The van der Waals surface area contributed by atoms with E-state index in [4.69, 9.17) is 42.1 Å². The molecule has 15 heteroatoms. The Bertz CT molecular complexity index is 1640. The van der Waals surface area contributed by atoms with Crippen LogP contribution in [0, 0.1) is 0 Å². The maximum atomic E-state index is 13.1.